The van der Waals surface area contributed by atoms with Crippen LogP contribution < -0.4 is 0 Å². The highest BCUT2D eigenvalue weighted by molar-refractivity contribution is 5.69. The normalized spacial score (nSPS) is 14.1. The molecule has 3 N–H and O–H groups in total. The van der Waals surface area contributed by atoms with Gasteiger partial charge in [-0.05, 0) is 18.0 Å². The summed E-state index contributed by atoms with van der Waals surface area (Å²) in [6, 6.07) is 1.73. The molecule has 2 heterocycles. The molecule has 0 spiro atoms. The van der Waals surface area contributed by atoms with Gasteiger partial charge in [-0.1, -0.05) is 5.11 Å². The summed E-state index contributed by atoms with van der Waals surface area (Å²) in [5.41, 5.74) is 9.64. The van der Waals surface area contributed by atoms with Gasteiger partial charge in [0.15, 0.2) is 5.65 Å². The Hall–Kier alpha value is -2.15. The van der Waals surface area contributed by atoms with Crippen LogP contribution in [0.3, 0.4) is 0 Å². The van der Waals surface area contributed by atoms with Crippen molar-refractivity contribution < 1.29 is 10.2 Å². The molecule has 0 radical (unpaired) electrons. The Morgan fingerprint density at radius 3 is 3.11 bits per heavy atom. The van der Waals surface area contributed by atoms with Crippen LogP contribution >= 0.6 is 0 Å². The summed E-state index contributed by atoms with van der Waals surface area (Å²) in [4.78, 5) is 13.7. The van der Waals surface area contributed by atoms with Crippen molar-refractivity contribution in [2.45, 2.75) is 18.6 Å². The molecule has 0 saturated heterocycles. The van der Waals surface area contributed by atoms with Gasteiger partial charge in [0.2, 0.25) is 0 Å². The van der Waals surface area contributed by atoms with Gasteiger partial charge in [-0.25, -0.2) is 9.97 Å². The maximum absolute atomic E-state index is 9.89. The van der Waals surface area contributed by atoms with Crippen LogP contribution in [-0.4, -0.2) is 37.8 Å². The highest BCUT2D eigenvalue weighted by Gasteiger charge is 2.20. The summed E-state index contributed by atoms with van der Waals surface area (Å²) in [5.74, 6) is 0. The van der Waals surface area contributed by atoms with Gasteiger partial charge in [-0.3, -0.25) is 0 Å². The molecule has 0 saturated carbocycles. The SMILES string of the molecule is [N-]=[N+]=NCCC(O)C(O)c1cnc2[nH]ccc2n1. The zero-order chi connectivity index (χ0) is 13.0. The average molecular weight is 248 g/mol. The molecule has 0 amide bonds. The van der Waals surface area contributed by atoms with Crippen molar-refractivity contribution >= 4 is 11.2 Å². The number of aromatic amines is 1. The van der Waals surface area contributed by atoms with Gasteiger partial charge in [0.05, 0.1) is 18.0 Å². The quantitative estimate of drug-likeness (QED) is 0.414. The second-order valence-corrected chi connectivity index (χ2v) is 3.76. The molecule has 0 aliphatic rings. The van der Waals surface area contributed by atoms with E-state index in [-0.39, 0.29) is 18.7 Å². The molecule has 8 heteroatoms. The minimum absolute atomic E-state index is 0.120. The first-order valence-corrected chi connectivity index (χ1v) is 5.39. The predicted octanol–water partition coefficient (Wildman–Crippen LogP) is 1.05. The van der Waals surface area contributed by atoms with Gasteiger partial charge >= 0.3 is 0 Å². The molecule has 0 aliphatic heterocycles. The van der Waals surface area contributed by atoms with Crippen molar-refractivity contribution in [2.24, 2.45) is 5.11 Å². The average Bonchev–Trinajstić information content (AvgIpc) is 2.85. The highest BCUT2D eigenvalue weighted by atomic mass is 16.3. The van der Waals surface area contributed by atoms with Crippen molar-refractivity contribution in [3.63, 3.8) is 0 Å². The number of nitrogens with one attached hydrogen (secondary N) is 1. The number of H-pyrrole nitrogens is 1. The number of nitrogens with zero attached hydrogens (tertiary/aromatic N) is 5. The van der Waals surface area contributed by atoms with E-state index in [9.17, 15) is 10.2 Å². The standard InChI is InChI=1S/C10H12N6O2/c11-16-14-4-2-8(17)9(18)7-5-13-10-6(15-7)1-3-12-10/h1,3,5,8-9,17-18H,2,4H2,(H,12,13). The van der Waals surface area contributed by atoms with Crippen LogP contribution in [0.4, 0.5) is 0 Å². The number of aliphatic hydroxyl groups excluding tert-OH is 2. The number of rotatable bonds is 5. The molecule has 0 aliphatic carbocycles. The third-order valence-corrected chi connectivity index (χ3v) is 2.53. The molecule has 0 bridgehead atoms. The highest BCUT2D eigenvalue weighted by Crippen LogP contribution is 2.18. The molecule has 18 heavy (non-hydrogen) atoms. The Bertz CT molecular complexity index is 577. The van der Waals surface area contributed by atoms with E-state index in [0.717, 1.165) is 0 Å². The van der Waals surface area contributed by atoms with Gasteiger partial charge in [0, 0.05) is 17.7 Å². The number of aromatic nitrogens is 3. The number of azide groups is 1. The Morgan fingerprint density at radius 2 is 2.33 bits per heavy atom. The fraction of sp³-hybridized carbons (Fsp3) is 0.400. The molecule has 8 nitrogen and oxygen atoms in total. The summed E-state index contributed by atoms with van der Waals surface area (Å²) < 4.78 is 0. The van der Waals surface area contributed by atoms with Gasteiger partial charge < -0.3 is 15.2 Å². The summed E-state index contributed by atoms with van der Waals surface area (Å²) in [5, 5.41) is 22.9. The first-order chi connectivity index (χ1) is 8.72. The largest absolute Gasteiger partial charge is 0.390 e. The molecule has 0 aromatic carbocycles. The lowest BCUT2D eigenvalue weighted by Gasteiger charge is -2.15. The fourth-order valence-corrected chi connectivity index (χ4v) is 1.58. The van der Waals surface area contributed by atoms with Crippen LogP contribution in [0.1, 0.15) is 18.2 Å². The van der Waals surface area contributed by atoms with Crippen LogP contribution in [0.5, 0.6) is 0 Å². The molecule has 94 valence electrons. The Balaban J connectivity index is 2.11. The van der Waals surface area contributed by atoms with Crippen LogP contribution in [0, 0.1) is 0 Å². The zero-order valence-corrected chi connectivity index (χ0v) is 9.43. The minimum atomic E-state index is -1.15. The summed E-state index contributed by atoms with van der Waals surface area (Å²) in [6.07, 6.45) is 1.07. The van der Waals surface area contributed by atoms with Crippen LogP contribution in [0.25, 0.3) is 21.6 Å². The maximum Gasteiger partial charge on any atom is 0.156 e. The van der Waals surface area contributed by atoms with Crippen molar-refractivity contribution in [3.05, 3.63) is 34.6 Å². The number of hydrogen-bond acceptors (Lipinski definition) is 5. The van der Waals surface area contributed by atoms with E-state index in [1.165, 1.54) is 6.20 Å². The number of hydrogen-bond donors (Lipinski definition) is 3. The van der Waals surface area contributed by atoms with E-state index in [0.29, 0.717) is 11.2 Å². The fourth-order valence-electron chi connectivity index (χ4n) is 1.58. The van der Waals surface area contributed by atoms with E-state index in [1.807, 2.05) is 0 Å². The molecule has 0 fully saturated rings. The van der Waals surface area contributed by atoms with E-state index >= 15 is 0 Å². The lowest BCUT2D eigenvalue weighted by Crippen LogP contribution is -2.20. The van der Waals surface area contributed by atoms with E-state index in [1.54, 1.807) is 12.3 Å². The predicted molar refractivity (Wildman–Crippen MR) is 63.5 cm³/mol. The second-order valence-electron chi connectivity index (χ2n) is 3.76. The molecular formula is C10H12N6O2. The lowest BCUT2D eigenvalue weighted by molar-refractivity contribution is 0.0125. The molecule has 2 aromatic rings. The minimum Gasteiger partial charge on any atom is -0.390 e. The Morgan fingerprint density at radius 1 is 1.50 bits per heavy atom. The smallest absolute Gasteiger partial charge is 0.156 e. The van der Waals surface area contributed by atoms with E-state index < -0.39 is 12.2 Å². The Labute approximate surface area is 102 Å². The van der Waals surface area contributed by atoms with Crippen LogP contribution in [-0.2, 0) is 0 Å². The number of aliphatic hydroxyl groups is 2. The third-order valence-electron chi connectivity index (χ3n) is 2.53. The monoisotopic (exact) mass is 248 g/mol. The van der Waals surface area contributed by atoms with Gasteiger partial charge in [-0.2, -0.15) is 0 Å². The molecule has 2 rings (SSSR count). The van der Waals surface area contributed by atoms with E-state index in [2.05, 4.69) is 25.0 Å². The van der Waals surface area contributed by atoms with Crippen molar-refractivity contribution in [3.8, 4) is 0 Å². The Kier molecular flexibility index (Phi) is 3.73. The summed E-state index contributed by atoms with van der Waals surface area (Å²) >= 11 is 0. The third kappa shape index (κ3) is 2.57. The van der Waals surface area contributed by atoms with Crippen molar-refractivity contribution in [1.82, 2.24) is 15.0 Å². The van der Waals surface area contributed by atoms with Gasteiger partial charge in [-0.15, -0.1) is 0 Å². The molecule has 2 atom stereocenters. The second kappa shape index (κ2) is 5.46. The van der Waals surface area contributed by atoms with Gasteiger partial charge in [0.1, 0.15) is 11.6 Å². The first kappa shape index (κ1) is 12.3. The molecule has 2 aromatic heterocycles. The van der Waals surface area contributed by atoms with Crippen LogP contribution in [0.2, 0.25) is 0 Å². The van der Waals surface area contributed by atoms with Crippen molar-refractivity contribution in [2.75, 3.05) is 6.54 Å². The van der Waals surface area contributed by atoms with Gasteiger partial charge in [0.25, 0.3) is 0 Å². The van der Waals surface area contributed by atoms with Crippen molar-refractivity contribution in [1.29, 1.82) is 0 Å². The summed E-state index contributed by atoms with van der Waals surface area (Å²) in [6.45, 7) is 0.120. The zero-order valence-electron chi connectivity index (χ0n) is 9.43. The van der Waals surface area contributed by atoms with Crippen LogP contribution in [0.15, 0.2) is 23.6 Å². The topological polar surface area (TPSA) is 131 Å². The number of fused-ring (bicyclic) bond motifs is 1. The lowest BCUT2D eigenvalue weighted by atomic mass is 10.1. The molecule has 2 unspecified atom stereocenters. The first-order valence-electron chi connectivity index (χ1n) is 5.39. The molecular weight excluding hydrogens is 236 g/mol. The summed E-state index contributed by atoms with van der Waals surface area (Å²) in [7, 11) is 0. The van der Waals surface area contributed by atoms with E-state index in [4.69, 9.17) is 5.53 Å². The maximum atomic E-state index is 9.89.